The lowest BCUT2D eigenvalue weighted by Gasteiger charge is -2.02. The van der Waals surface area contributed by atoms with E-state index < -0.39 is 0 Å². The number of hydrogen-bond donors (Lipinski definition) is 1. The van der Waals surface area contributed by atoms with E-state index in [1.54, 1.807) is 18.3 Å². The molecule has 0 amide bonds. The molecule has 0 radical (unpaired) electrons. The van der Waals surface area contributed by atoms with Gasteiger partial charge in [-0.2, -0.15) is 0 Å². The van der Waals surface area contributed by atoms with Gasteiger partial charge in [0.25, 0.3) is 0 Å². The van der Waals surface area contributed by atoms with Crippen LogP contribution in [0.15, 0.2) is 40.0 Å². The minimum Gasteiger partial charge on any atom is -0.440 e. The van der Waals surface area contributed by atoms with Crippen LogP contribution in [0.4, 0.5) is 5.82 Å². The average molecular weight is 367 g/mol. The van der Waals surface area contributed by atoms with E-state index in [9.17, 15) is 0 Å². The fourth-order valence-electron chi connectivity index (χ4n) is 1.95. The van der Waals surface area contributed by atoms with E-state index >= 15 is 0 Å². The number of aromatic nitrogens is 3. The molecule has 3 rings (SSSR count). The zero-order valence-corrected chi connectivity index (χ0v) is 14.4. The Morgan fingerprint density at radius 1 is 1.26 bits per heavy atom. The van der Waals surface area contributed by atoms with Crippen LogP contribution >= 0.6 is 35.0 Å². The van der Waals surface area contributed by atoms with Gasteiger partial charge < -0.3 is 10.2 Å². The highest BCUT2D eigenvalue weighted by Crippen LogP contribution is 2.34. The quantitative estimate of drug-likeness (QED) is 0.535. The van der Waals surface area contributed by atoms with Crippen molar-refractivity contribution in [1.82, 2.24) is 15.0 Å². The normalized spacial score (nSPS) is 10.9. The second-order valence-electron chi connectivity index (χ2n) is 4.73. The van der Waals surface area contributed by atoms with Crippen molar-refractivity contribution in [2.45, 2.75) is 17.8 Å². The maximum Gasteiger partial charge on any atom is 0.205 e. The van der Waals surface area contributed by atoms with Gasteiger partial charge in [-0.3, -0.25) is 0 Å². The van der Waals surface area contributed by atoms with Crippen molar-refractivity contribution in [2.24, 2.45) is 0 Å². The summed E-state index contributed by atoms with van der Waals surface area (Å²) in [5.74, 6) is 2.04. The summed E-state index contributed by atoms with van der Waals surface area (Å²) in [5.41, 5.74) is 7.23. The molecule has 0 aliphatic heterocycles. The van der Waals surface area contributed by atoms with Gasteiger partial charge in [-0.25, -0.2) is 15.0 Å². The van der Waals surface area contributed by atoms with Crippen LogP contribution in [0, 0.1) is 6.92 Å². The van der Waals surface area contributed by atoms with E-state index in [0.717, 1.165) is 5.69 Å². The standard InChI is InChI=1S/C15H12Cl2N4OS/c1-8-5-12(18)21-15(20-8)23-7-13-19-6-11(22-13)9-3-2-4-10(16)14(9)17/h2-6H,7H2,1H3,(H2,18,20,21). The Hall–Kier alpha value is -1.76. The summed E-state index contributed by atoms with van der Waals surface area (Å²) in [6.07, 6.45) is 1.62. The van der Waals surface area contributed by atoms with Gasteiger partial charge in [-0.05, 0) is 19.1 Å². The molecule has 0 bridgehead atoms. The van der Waals surface area contributed by atoms with Crippen molar-refractivity contribution in [3.8, 4) is 11.3 Å². The molecule has 0 fully saturated rings. The van der Waals surface area contributed by atoms with Gasteiger partial charge in [0.05, 0.1) is 22.0 Å². The van der Waals surface area contributed by atoms with E-state index in [1.807, 2.05) is 19.1 Å². The Morgan fingerprint density at radius 2 is 2.09 bits per heavy atom. The maximum atomic E-state index is 6.19. The molecule has 8 heteroatoms. The van der Waals surface area contributed by atoms with Crippen molar-refractivity contribution in [2.75, 3.05) is 5.73 Å². The molecule has 1 aromatic carbocycles. The predicted octanol–water partition coefficient (Wildman–Crippen LogP) is 4.62. The largest absolute Gasteiger partial charge is 0.440 e. The number of benzene rings is 1. The Balaban J connectivity index is 1.76. The summed E-state index contributed by atoms with van der Waals surface area (Å²) in [4.78, 5) is 12.7. The van der Waals surface area contributed by atoms with Crippen LogP contribution in [0.3, 0.4) is 0 Å². The van der Waals surface area contributed by atoms with Gasteiger partial charge in [0, 0.05) is 17.3 Å². The number of rotatable bonds is 4. The minimum atomic E-state index is 0.443. The van der Waals surface area contributed by atoms with E-state index in [4.69, 9.17) is 33.4 Å². The summed E-state index contributed by atoms with van der Waals surface area (Å²) in [6.45, 7) is 1.87. The summed E-state index contributed by atoms with van der Waals surface area (Å²) < 4.78 is 5.73. The zero-order chi connectivity index (χ0) is 16.4. The highest BCUT2D eigenvalue weighted by molar-refractivity contribution is 7.98. The van der Waals surface area contributed by atoms with Gasteiger partial charge in [0.2, 0.25) is 5.89 Å². The fourth-order valence-corrected chi connectivity index (χ4v) is 3.11. The molecule has 0 atom stereocenters. The topological polar surface area (TPSA) is 77.8 Å². The highest BCUT2D eigenvalue weighted by atomic mass is 35.5. The Kier molecular flexibility index (Phi) is 4.75. The second kappa shape index (κ2) is 6.78. The molecule has 0 saturated carbocycles. The van der Waals surface area contributed by atoms with E-state index in [1.165, 1.54) is 11.8 Å². The molecule has 0 aliphatic carbocycles. The lowest BCUT2D eigenvalue weighted by atomic mass is 10.2. The molecule has 2 N–H and O–H groups in total. The molecule has 0 unspecified atom stereocenters. The monoisotopic (exact) mass is 366 g/mol. The predicted molar refractivity (Wildman–Crippen MR) is 92.7 cm³/mol. The van der Waals surface area contributed by atoms with Crippen LogP contribution in [0.2, 0.25) is 10.0 Å². The van der Waals surface area contributed by atoms with Crippen molar-refractivity contribution in [1.29, 1.82) is 0 Å². The van der Waals surface area contributed by atoms with E-state index in [-0.39, 0.29) is 0 Å². The number of thioether (sulfide) groups is 1. The molecular weight excluding hydrogens is 355 g/mol. The zero-order valence-electron chi connectivity index (χ0n) is 12.1. The molecule has 5 nitrogen and oxygen atoms in total. The summed E-state index contributed by atoms with van der Waals surface area (Å²) in [6, 6.07) is 7.08. The highest BCUT2D eigenvalue weighted by Gasteiger charge is 2.12. The Labute approximate surface area is 147 Å². The first-order valence-corrected chi connectivity index (χ1v) is 8.40. The Bertz CT molecular complexity index is 833. The number of aryl methyl sites for hydroxylation is 1. The number of nitrogen functional groups attached to an aromatic ring is 1. The van der Waals surface area contributed by atoms with Gasteiger partial charge >= 0.3 is 0 Å². The van der Waals surface area contributed by atoms with Crippen LogP contribution in [-0.2, 0) is 5.75 Å². The summed E-state index contributed by atoms with van der Waals surface area (Å²) in [7, 11) is 0. The molecule has 0 spiro atoms. The number of anilines is 1. The van der Waals surface area contributed by atoms with Crippen LogP contribution in [0.25, 0.3) is 11.3 Å². The molecule has 2 heterocycles. The van der Waals surface area contributed by atoms with Gasteiger partial charge in [-0.1, -0.05) is 41.0 Å². The van der Waals surface area contributed by atoms with Gasteiger partial charge in [0.15, 0.2) is 10.9 Å². The molecule has 0 saturated heterocycles. The molecule has 3 aromatic rings. The lowest BCUT2D eigenvalue weighted by molar-refractivity contribution is 0.530. The van der Waals surface area contributed by atoms with Gasteiger partial charge in [-0.15, -0.1) is 0 Å². The maximum absolute atomic E-state index is 6.19. The third-order valence-electron chi connectivity index (χ3n) is 2.95. The van der Waals surface area contributed by atoms with E-state index in [2.05, 4.69) is 15.0 Å². The number of hydrogen-bond acceptors (Lipinski definition) is 6. The summed E-state index contributed by atoms with van der Waals surface area (Å²) in [5, 5.41) is 1.50. The van der Waals surface area contributed by atoms with Crippen molar-refractivity contribution in [3.63, 3.8) is 0 Å². The van der Waals surface area contributed by atoms with Crippen LogP contribution in [-0.4, -0.2) is 15.0 Å². The van der Waals surface area contributed by atoms with Crippen LogP contribution in [0.1, 0.15) is 11.6 Å². The number of nitrogens with two attached hydrogens (primary N) is 1. The van der Waals surface area contributed by atoms with Crippen LogP contribution < -0.4 is 5.73 Å². The third-order valence-corrected chi connectivity index (χ3v) is 4.60. The van der Waals surface area contributed by atoms with Crippen molar-refractivity contribution in [3.05, 3.63) is 52.1 Å². The first-order valence-electron chi connectivity index (χ1n) is 6.66. The molecular formula is C15H12Cl2N4OS. The van der Waals surface area contributed by atoms with Crippen molar-refractivity contribution >= 4 is 40.8 Å². The first-order chi connectivity index (χ1) is 11.0. The smallest absolute Gasteiger partial charge is 0.205 e. The average Bonchev–Trinajstić information content (AvgIpc) is 2.96. The van der Waals surface area contributed by atoms with Gasteiger partial charge in [0.1, 0.15) is 5.82 Å². The number of halogens is 2. The minimum absolute atomic E-state index is 0.443. The first kappa shape index (κ1) is 16.1. The second-order valence-corrected chi connectivity index (χ2v) is 6.45. The third kappa shape index (κ3) is 3.77. The summed E-state index contributed by atoms with van der Waals surface area (Å²) >= 11 is 13.6. The van der Waals surface area contributed by atoms with Crippen molar-refractivity contribution < 1.29 is 4.42 Å². The number of oxazole rings is 1. The number of nitrogens with zero attached hydrogens (tertiary/aromatic N) is 3. The Morgan fingerprint density at radius 3 is 2.87 bits per heavy atom. The molecule has 23 heavy (non-hydrogen) atoms. The SMILES string of the molecule is Cc1cc(N)nc(SCc2ncc(-c3cccc(Cl)c3Cl)o2)n1. The molecule has 2 aromatic heterocycles. The van der Waals surface area contributed by atoms with E-state index in [0.29, 0.717) is 44.0 Å². The van der Waals surface area contributed by atoms with Crippen LogP contribution in [0.5, 0.6) is 0 Å². The lowest BCUT2D eigenvalue weighted by Crippen LogP contribution is -1.96. The molecule has 0 aliphatic rings. The fraction of sp³-hybridized carbons (Fsp3) is 0.133. The molecule has 118 valence electrons.